The van der Waals surface area contributed by atoms with Gasteiger partial charge in [-0.3, -0.25) is 9.59 Å². The van der Waals surface area contributed by atoms with Crippen molar-refractivity contribution in [2.24, 2.45) is 0 Å². The van der Waals surface area contributed by atoms with Crippen molar-refractivity contribution in [1.82, 2.24) is 15.2 Å². The second kappa shape index (κ2) is 5.06. The summed E-state index contributed by atoms with van der Waals surface area (Å²) in [7, 11) is 0. The number of carbonyl (C=O) groups is 2. The van der Waals surface area contributed by atoms with Gasteiger partial charge in [-0.2, -0.15) is 0 Å². The lowest BCUT2D eigenvalue weighted by Crippen LogP contribution is -2.65. The number of piperazine rings is 1. The molecule has 6 heteroatoms. The van der Waals surface area contributed by atoms with Gasteiger partial charge in [0.2, 0.25) is 11.8 Å². The molecule has 2 heterocycles. The van der Waals surface area contributed by atoms with Gasteiger partial charge in [0, 0.05) is 24.5 Å². The van der Waals surface area contributed by atoms with Crippen molar-refractivity contribution in [2.45, 2.75) is 32.2 Å². The molecule has 1 aromatic rings. The van der Waals surface area contributed by atoms with Crippen LogP contribution in [-0.2, 0) is 16.0 Å². The van der Waals surface area contributed by atoms with Crippen molar-refractivity contribution in [3.8, 4) is 0 Å². The van der Waals surface area contributed by atoms with Crippen LogP contribution in [0.4, 0.5) is 0 Å². The molecule has 0 spiro atoms. The lowest BCUT2D eigenvalue weighted by Gasteiger charge is -2.39. The van der Waals surface area contributed by atoms with E-state index in [1.807, 2.05) is 12.3 Å². The molecule has 1 aromatic heterocycles. The summed E-state index contributed by atoms with van der Waals surface area (Å²) in [6.07, 6.45) is 3.06. The molecule has 1 atom stereocenters. The normalized spacial score (nSPS) is 24.2. The Balaban J connectivity index is 2.03. The number of hydrogen-bond acceptors (Lipinski definition) is 4. The van der Waals surface area contributed by atoms with Gasteiger partial charge in [0.15, 0.2) is 0 Å². The fraction of sp³-hybridized carbons (Fsp3) is 0.583. The summed E-state index contributed by atoms with van der Waals surface area (Å²) in [5, 5.41) is 5.68. The van der Waals surface area contributed by atoms with Gasteiger partial charge in [0.1, 0.15) is 5.54 Å². The van der Waals surface area contributed by atoms with Crippen molar-refractivity contribution in [3.05, 3.63) is 16.6 Å². The monoisotopic (exact) mass is 267 g/mol. The summed E-state index contributed by atoms with van der Waals surface area (Å²) in [6, 6.07) is 0. The Labute approximate surface area is 110 Å². The average Bonchev–Trinajstić information content (AvgIpc) is 2.85. The highest BCUT2D eigenvalue weighted by Gasteiger charge is 2.41. The van der Waals surface area contributed by atoms with Crippen LogP contribution >= 0.6 is 11.3 Å². The Morgan fingerprint density at radius 2 is 2.33 bits per heavy atom. The van der Waals surface area contributed by atoms with Crippen molar-refractivity contribution in [1.29, 1.82) is 0 Å². The molecule has 1 aliphatic heterocycles. The smallest absolute Gasteiger partial charge is 0.248 e. The van der Waals surface area contributed by atoms with E-state index in [9.17, 15) is 9.59 Å². The predicted molar refractivity (Wildman–Crippen MR) is 69.2 cm³/mol. The number of amides is 2. The van der Waals surface area contributed by atoms with Gasteiger partial charge in [0.25, 0.3) is 0 Å². The van der Waals surface area contributed by atoms with Crippen molar-refractivity contribution in [3.63, 3.8) is 0 Å². The highest BCUT2D eigenvalue weighted by molar-refractivity contribution is 7.09. The van der Waals surface area contributed by atoms with Gasteiger partial charge in [-0.25, -0.2) is 4.98 Å². The van der Waals surface area contributed by atoms with Gasteiger partial charge < -0.3 is 10.2 Å². The Hall–Kier alpha value is -1.43. The summed E-state index contributed by atoms with van der Waals surface area (Å²) in [6.45, 7) is 4.39. The number of rotatable bonds is 4. The van der Waals surface area contributed by atoms with E-state index >= 15 is 0 Å². The van der Waals surface area contributed by atoms with E-state index in [-0.39, 0.29) is 18.4 Å². The molecule has 0 radical (unpaired) electrons. The molecule has 98 valence electrons. The fourth-order valence-corrected chi connectivity index (χ4v) is 2.63. The third-order valence-electron chi connectivity index (χ3n) is 3.30. The topological polar surface area (TPSA) is 62.3 Å². The molecule has 1 unspecified atom stereocenters. The van der Waals surface area contributed by atoms with Crippen LogP contribution in [-0.4, -0.2) is 40.3 Å². The molecule has 18 heavy (non-hydrogen) atoms. The van der Waals surface area contributed by atoms with E-state index < -0.39 is 5.54 Å². The molecule has 0 bridgehead atoms. The largest absolute Gasteiger partial charge is 0.340 e. The van der Waals surface area contributed by atoms with Crippen LogP contribution in [0, 0.1) is 0 Å². The van der Waals surface area contributed by atoms with Crippen LogP contribution in [0.15, 0.2) is 11.6 Å². The minimum absolute atomic E-state index is 0.00107. The molecule has 1 fully saturated rings. The zero-order valence-electron chi connectivity index (χ0n) is 10.6. The fourth-order valence-electron chi connectivity index (χ4n) is 2.02. The number of carbonyl (C=O) groups excluding carboxylic acids is 2. The molecule has 1 saturated heterocycles. The van der Waals surface area contributed by atoms with Crippen molar-refractivity contribution < 1.29 is 9.59 Å². The Morgan fingerprint density at radius 3 is 2.94 bits per heavy atom. The molecular weight excluding hydrogens is 250 g/mol. The van der Waals surface area contributed by atoms with Crippen LogP contribution in [0.5, 0.6) is 0 Å². The van der Waals surface area contributed by atoms with Gasteiger partial charge in [-0.15, -0.1) is 11.3 Å². The summed E-state index contributed by atoms with van der Waals surface area (Å²) < 4.78 is 0. The molecule has 2 rings (SSSR count). The predicted octanol–water partition coefficient (Wildman–Crippen LogP) is 0.813. The third kappa shape index (κ3) is 2.53. The van der Waals surface area contributed by atoms with E-state index in [1.165, 1.54) is 0 Å². The van der Waals surface area contributed by atoms with Gasteiger partial charge in [-0.05, 0) is 13.3 Å². The van der Waals surface area contributed by atoms with E-state index in [4.69, 9.17) is 0 Å². The van der Waals surface area contributed by atoms with E-state index in [0.29, 0.717) is 19.4 Å². The molecule has 5 nitrogen and oxygen atoms in total. The lowest BCUT2D eigenvalue weighted by atomic mass is 9.94. The third-order valence-corrected chi connectivity index (χ3v) is 4.13. The number of aromatic nitrogens is 1. The highest BCUT2D eigenvalue weighted by atomic mass is 32.1. The molecule has 0 saturated carbocycles. The van der Waals surface area contributed by atoms with Gasteiger partial charge in [0.05, 0.1) is 11.6 Å². The highest BCUT2D eigenvalue weighted by Crippen LogP contribution is 2.18. The van der Waals surface area contributed by atoms with Crippen LogP contribution in [0.3, 0.4) is 0 Å². The van der Waals surface area contributed by atoms with E-state index in [0.717, 1.165) is 5.01 Å². The van der Waals surface area contributed by atoms with Crippen LogP contribution in [0.25, 0.3) is 0 Å². The summed E-state index contributed by atoms with van der Waals surface area (Å²) in [4.78, 5) is 29.7. The lowest BCUT2D eigenvalue weighted by molar-refractivity contribution is -0.149. The van der Waals surface area contributed by atoms with Gasteiger partial charge in [-0.1, -0.05) is 6.92 Å². The number of thiazole rings is 1. The first-order chi connectivity index (χ1) is 8.55. The maximum absolute atomic E-state index is 12.3. The summed E-state index contributed by atoms with van der Waals surface area (Å²) in [5.41, 5.74) is -0.752. The second-order valence-electron chi connectivity index (χ2n) is 4.64. The molecule has 1 aliphatic rings. The zero-order valence-corrected chi connectivity index (χ0v) is 11.4. The SMILES string of the molecule is CCC1(C)NC(=O)CN(CCc2nccs2)C1=O. The molecule has 0 aromatic carbocycles. The molecule has 1 N–H and O–H groups in total. The Morgan fingerprint density at radius 1 is 1.56 bits per heavy atom. The maximum Gasteiger partial charge on any atom is 0.248 e. The number of hydrogen-bond donors (Lipinski definition) is 1. The summed E-state index contributed by atoms with van der Waals surface area (Å²) >= 11 is 1.57. The minimum Gasteiger partial charge on any atom is -0.340 e. The van der Waals surface area contributed by atoms with Crippen LogP contribution in [0.1, 0.15) is 25.3 Å². The maximum atomic E-state index is 12.3. The number of nitrogens with one attached hydrogen (secondary N) is 1. The standard InChI is InChI=1S/C12H17N3O2S/c1-3-12(2)11(17)15(8-9(16)14-12)6-4-10-13-5-7-18-10/h5,7H,3-4,6,8H2,1-2H3,(H,14,16). The Kier molecular flexibility index (Phi) is 3.65. The van der Waals surface area contributed by atoms with Crippen molar-refractivity contribution in [2.75, 3.05) is 13.1 Å². The van der Waals surface area contributed by atoms with Gasteiger partial charge >= 0.3 is 0 Å². The van der Waals surface area contributed by atoms with E-state index in [2.05, 4.69) is 10.3 Å². The van der Waals surface area contributed by atoms with Crippen molar-refractivity contribution >= 4 is 23.2 Å². The second-order valence-corrected chi connectivity index (χ2v) is 5.62. The quantitative estimate of drug-likeness (QED) is 0.878. The zero-order chi connectivity index (χ0) is 13.2. The van der Waals surface area contributed by atoms with Crippen LogP contribution in [0.2, 0.25) is 0 Å². The first-order valence-corrected chi connectivity index (χ1v) is 6.92. The first-order valence-electron chi connectivity index (χ1n) is 6.04. The summed E-state index contributed by atoms with van der Waals surface area (Å²) in [5.74, 6) is -0.0840. The average molecular weight is 267 g/mol. The van der Waals surface area contributed by atoms with Crippen LogP contribution < -0.4 is 5.32 Å². The molecular formula is C12H17N3O2S. The molecule has 2 amide bonds. The minimum atomic E-state index is -0.752. The molecule has 0 aliphatic carbocycles. The van der Waals surface area contributed by atoms with E-state index in [1.54, 1.807) is 29.4 Å². The first kappa shape index (κ1) is 13.0. The Bertz CT molecular complexity index is 446. The number of nitrogens with zero attached hydrogens (tertiary/aromatic N) is 2.